The van der Waals surface area contributed by atoms with Crippen LogP contribution in [0.1, 0.15) is 5.56 Å². The zero-order valence-corrected chi connectivity index (χ0v) is 16.2. The van der Waals surface area contributed by atoms with Gasteiger partial charge in [-0.1, -0.05) is 18.2 Å². The fourth-order valence-electron chi connectivity index (χ4n) is 2.97. The maximum Gasteiger partial charge on any atom is 0.266 e. The average Bonchev–Trinajstić information content (AvgIpc) is 3.24. The molecule has 2 heterocycles. The minimum absolute atomic E-state index is 0.109. The zero-order valence-electron chi connectivity index (χ0n) is 16.2. The molecule has 0 aliphatic rings. The van der Waals surface area contributed by atoms with Gasteiger partial charge in [-0.25, -0.2) is 9.07 Å². The maximum atomic E-state index is 13.1. The van der Waals surface area contributed by atoms with Gasteiger partial charge in [0, 0.05) is 35.4 Å². The fraction of sp³-hybridized carbons (Fsp3) is 0. The second-order valence-corrected chi connectivity index (χ2v) is 6.59. The monoisotopic (exact) mass is 409 g/mol. The van der Waals surface area contributed by atoms with E-state index in [9.17, 15) is 14.4 Å². The summed E-state index contributed by atoms with van der Waals surface area (Å²) in [5, 5.41) is 16.8. The largest absolute Gasteiger partial charge is 0.321 e. The molecule has 1 N–H and O–H groups in total. The van der Waals surface area contributed by atoms with Crippen LogP contribution in [0.2, 0.25) is 0 Å². The van der Waals surface area contributed by atoms with Crippen LogP contribution in [-0.2, 0) is 4.79 Å². The lowest BCUT2D eigenvalue weighted by Gasteiger charge is -2.04. The number of pyridine rings is 1. The smallest absolute Gasteiger partial charge is 0.266 e. The van der Waals surface area contributed by atoms with Crippen LogP contribution < -0.4 is 5.32 Å². The predicted molar refractivity (Wildman–Crippen MR) is 115 cm³/mol. The first-order chi connectivity index (χ1) is 15.1. The third kappa shape index (κ3) is 4.54. The predicted octanol–water partition coefficient (Wildman–Crippen LogP) is 4.62. The van der Waals surface area contributed by atoms with Crippen molar-refractivity contribution < 1.29 is 9.18 Å². The first-order valence-corrected chi connectivity index (χ1v) is 9.38. The van der Waals surface area contributed by atoms with E-state index in [1.807, 2.05) is 42.5 Å². The molecule has 0 atom stereocenters. The summed E-state index contributed by atoms with van der Waals surface area (Å²) >= 11 is 0. The maximum absolute atomic E-state index is 13.1. The van der Waals surface area contributed by atoms with Crippen LogP contribution in [0.15, 0.2) is 90.9 Å². The van der Waals surface area contributed by atoms with Gasteiger partial charge < -0.3 is 5.32 Å². The van der Waals surface area contributed by atoms with Crippen molar-refractivity contribution in [3.05, 3.63) is 102 Å². The molecule has 1 amide bonds. The van der Waals surface area contributed by atoms with Gasteiger partial charge in [0.05, 0.1) is 5.69 Å². The Bertz CT molecular complexity index is 1270. The number of nitriles is 1. The Morgan fingerprint density at radius 3 is 2.52 bits per heavy atom. The van der Waals surface area contributed by atoms with Crippen LogP contribution in [0.25, 0.3) is 23.0 Å². The third-order valence-electron chi connectivity index (χ3n) is 4.47. The highest BCUT2D eigenvalue weighted by Crippen LogP contribution is 2.25. The normalized spacial score (nSPS) is 11.0. The summed E-state index contributed by atoms with van der Waals surface area (Å²) in [5.74, 6) is -1.01. The van der Waals surface area contributed by atoms with Crippen molar-refractivity contribution in [1.82, 2.24) is 14.8 Å². The summed E-state index contributed by atoms with van der Waals surface area (Å²) in [7, 11) is 0. The Morgan fingerprint density at radius 1 is 1.06 bits per heavy atom. The lowest BCUT2D eigenvalue weighted by atomic mass is 10.1. The molecule has 7 heteroatoms. The van der Waals surface area contributed by atoms with Crippen molar-refractivity contribution in [2.45, 2.75) is 0 Å². The molecular formula is C24H16FN5O. The Labute approximate surface area is 177 Å². The number of nitrogens with one attached hydrogen (secondary N) is 1. The van der Waals surface area contributed by atoms with Crippen molar-refractivity contribution in [1.29, 1.82) is 5.26 Å². The third-order valence-corrected chi connectivity index (χ3v) is 4.47. The molecule has 0 spiro atoms. The van der Waals surface area contributed by atoms with Crippen LogP contribution >= 0.6 is 0 Å². The van der Waals surface area contributed by atoms with E-state index in [4.69, 9.17) is 0 Å². The molecule has 0 aliphatic carbocycles. The Hall–Kier alpha value is -4.57. The van der Waals surface area contributed by atoms with E-state index in [-0.39, 0.29) is 5.57 Å². The first kappa shape index (κ1) is 19.7. The van der Waals surface area contributed by atoms with E-state index >= 15 is 0 Å². The molecule has 4 aromatic rings. The Balaban J connectivity index is 1.73. The van der Waals surface area contributed by atoms with Gasteiger partial charge in [-0.15, -0.1) is 0 Å². The van der Waals surface area contributed by atoms with Gasteiger partial charge in [0.25, 0.3) is 5.91 Å². The molecule has 0 fully saturated rings. The molecule has 0 bridgehead atoms. The molecular weight excluding hydrogens is 393 g/mol. The van der Waals surface area contributed by atoms with Crippen molar-refractivity contribution in [2.75, 3.05) is 5.32 Å². The van der Waals surface area contributed by atoms with E-state index in [1.165, 1.54) is 30.3 Å². The number of aromatic nitrogens is 3. The van der Waals surface area contributed by atoms with Gasteiger partial charge in [0.15, 0.2) is 0 Å². The van der Waals surface area contributed by atoms with Gasteiger partial charge in [-0.2, -0.15) is 10.4 Å². The number of halogens is 1. The molecule has 4 rings (SSSR count). The van der Waals surface area contributed by atoms with Crippen LogP contribution in [0.3, 0.4) is 0 Å². The number of hydrogen-bond acceptors (Lipinski definition) is 4. The van der Waals surface area contributed by atoms with Crippen molar-refractivity contribution >= 4 is 17.7 Å². The molecule has 31 heavy (non-hydrogen) atoms. The first-order valence-electron chi connectivity index (χ1n) is 9.38. The van der Waals surface area contributed by atoms with E-state index in [0.717, 1.165) is 11.3 Å². The topological polar surface area (TPSA) is 83.6 Å². The highest BCUT2D eigenvalue weighted by Gasteiger charge is 2.15. The second kappa shape index (κ2) is 8.84. The number of benzene rings is 2. The van der Waals surface area contributed by atoms with Gasteiger partial charge in [0.2, 0.25) is 0 Å². The molecule has 150 valence electrons. The van der Waals surface area contributed by atoms with E-state index < -0.39 is 11.7 Å². The van der Waals surface area contributed by atoms with Gasteiger partial charge in [0.1, 0.15) is 23.2 Å². The molecule has 0 unspecified atom stereocenters. The van der Waals surface area contributed by atoms with Crippen LogP contribution in [0.4, 0.5) is 10.1 Å². The van der Waals surface area contributed by atoms with Gasteiger partial charge >= 0.3 is 0 Å². The Kier molecular flexibility index (Phi) is 5.63. The number of para-hydroxylation sites is 1. The van der Waals surface area contributed by atoms with Crippen LogP contribution in [-0.4, -0.2) is 20.7 Å². The minimum Gasteiger partial charge on any atom is -0.321 e. The second-order valence-electron chi connectivity index (χ2n) is 6.59. The number of amides is 1. The summed E-state index contributed by atoms with van der Waals surface area (Å²) in [4.78, 5) is 16.8. The summed E-state index contributed by atoms with van der Waals surface area (Å²) < 4.78 is 14.8. The lowest BCUT2D eigenvalue weighted by Crippen LogP contribution is -2.13. The summed E-state index contributed by atoms with van der Waals surface area (Å²) in [6, 6.07) is 20.4. The summed E-state index contributed by atoms with van der Waals surface area (Å²) in [6.45, 7) is 0. The summed E-state index contributed by atoms with van der Waals surface area (Å²) in [6.07, 6.45) is 6.55. The molecule has 2 aromatic heterocycles. The average molecular weight is 409 g/mol. The van der Waals surface area contributed by atoms with Crippen LogP contribution in [0.5, 0.6) is 0 Å². The number of nitrogens with zero attached hydrogens (tertiary/aromatic N) is 4. The summed E-state index contributed by atoms with van der Waals surface area (Å²) in [5.41, 5.74) is 3.03. The molecule has 0 saturated heterocycles. The lowest BCUT2D eigenvalue weighted by molar-refractivity contribution is -0.112. The van der Waals surface area contributed by atoms with Crippen molar-refractivity contribution in [3.8, 4) is 23.0 Å². The molecule has 6 nitrogen and oxygen atoms in total. The highest BCUT2D eigenvalue weighted by molar-refractivity contribution is 6.10. The van der Waals surface area contributed by atoms with Crippen molar-refractivity contribution in [2.24, 2.45) is 0 Å². The Morgan fingerprint density at radius 2 is 1.84 bits per heavy atom. The van der Waals surface area contributed by atoms with Gasteiger partial charge in [-0.3, -0.25) is 9.78 Å². The quantitative estimate of drug-likeness (QED) is 0.385. The SMILES string of the molecule is N#C/C(=C/c1cn(-c2ccccc2)nc1-c1cccnc1)C(=O)Nc1ccc(F)cc1. The van der Waals surface area contributed by atoms with Gasteiger partial charge in [-0.05, 0) is 54.6 Å². The number of anilines is 1. The van der Waals surface area contributed by atoms with Crippen molar-refractivity contribution in [3.63, 3.8) is 0 Å². The van der Waals surface area contributed by atoms with E-state index in [0.29, 0.717) is 16.9 Å². The number of carbonyl (C=O) groups excluding carboxylic acids is 1. The fourth-order valence-corrected chi connectivity index (χ4v) is 2.97. The molecule has 0 saturated carbocycles. The van der Waals surface area contributed by atoms with E-state index in [1.54, 1.807) is 29.3 Å². The zero-order chi connectivity index (χ0) is 21.6. The highest BCUT2D eigenvalue weighted by atomic mass is 19.1. The standard InChI is InChI=1S/C24H16FN5O/c25-20-8-10-21(11-9-20)28-24(31)18(14-26)13-19-16-30(22-6-2-1-3-7-22)29-23(19)17-5-4-12-27-15-17/h1-13,15-16H,(H,28,31)/b18-13-. The van der Waals surface area contributed by atoms with Crippen LogP contribution in [0, 0.1) is 17.1 Å². The minimum atomic E-state index is -0.598. The van der Waals surface area contributed by atoms with E-state index in [2.05, 4.69) is 15.4 Å². The molecule has 0 aliphatic heterocycles. The molecule has 0 radical (unpaired) electrons. The number of carbonyl (C=O) groups is 1. The number of rotatable bonds is 5. The number of hydrogen-bond donors (Lipinski definition) is 1. The molecule has 2 aromatic carbocycles.